The highest BCUT2D eigenvalue weighted by Crippen LogP contribution is 2.08. The SMILES string of the molecule is CCOC(=O)CC[C@@H](NC(=O)[C@H]1CCC(=O)N1)C(=O)OCC. The van der Waals surface area contributed by atoms with Crippen LogP contribution in [0.15, 0.2) is 0 Å². The second kappa shape index (κ2) is 9.01. The minimum Gasteiger partial charge on any atom is -0.466 e. The van der Waals surface area contributed by atoms with Crippen molar-refractivity contribution in [3.05, 3.63) is 0 Å². The third-order valence-electron chi connectivity index (χ3n) is 3.14. The van der Waals surface area contributed by atoms with Crippen molar-refractivity contribution in [1.29, 1.82) is 0 Å². The van der Waals surface area contributed by atoms with Crippen molar-refractivity contribution in [3.8, 4) is 0 Å². The van der Waals surface area contributed by atoms with Gasteiger partial charge in [-0.3, -0.25) is 14.4 Å². The van der Waals surface area contributed by atoms with Crippen LogP contribution >= 0.6 is 0 Å². The molecule has 1 aliphatic heterocycles. The highest BCUT2D eigenvalue weighted by atomic mass is 16.5. The lowest BCUT2D eigenvalue weighted by molar-refractivity contribution is -0.149. The molecule has 2 N–H and O–H groups in total. The molecule has 0 aliphatic carbocycles. The molecule has 0 aromatic heterocycles. The maximum atomic E-state index is 12.0. The summed E-state index contributed by atoms with van der Waals surface area (Å²) in [6, 6.07) is -1.58. The standard InChI is InChI=1S/C14H22N2O6/c1-3-21-12(18)8-6-10(14(20)22-4-2)16-13(19)9-5-7-11(17)15-9/h9-10H,3-8H2,1-2H3,(H,15,17)(H,16,19)/t9-,10-/m1/s1. The molecule has 22 heavy (non-hydrogen) atoms. The molecule has 0 aromatic carbocycles. The first kappa shape index (κ1) is 17.9. The third kappa shape index (κ3) is 5.71. The molecule has 8 nitrogen and oxygen atoms in total. The Morgan fingerprint density at radius 2 is 1.95 bits per heavy atom. The molecule has 8 heteroatoms. The molecule has 0 unspecified atom stereocenters. The van der Waals surface area contributed by atoms with Crippen LogP contribution in [0, 0.1) is 0 Å². The normalized spacial score (nSPS) is 18.3. The fourth-order valence-corrected chi connectivity index (χ4v) is 2.07. The van der Waals surface area contributed by atoms with Crippen LogP contribution in [0.1, 0.15) is 39.5 Å². The Balaban J connectivity index is 2.57. The molecule has 0 aromatic rings. The third-order valence-corrected chi connectivity index (χ3v) is 3.14. The average Bonchev–Trinajstić information content (AvgIpc) is 2.90. The fourth-order valence-electron chi connectivity index (χ4n) is 2.07. The zero-order chi connectivity index (χ0) is 16.5. The van der Waals surface area contributed by atoms with E-state index < -0.39 is 29.9 Å². The lowest BCUT2D eigenvalue weighted by atomic mass is 10.1. The number of nitrogens with one attached hydrogen (secondary N) is 2. The number of hydrogen-bond acceptors (Lipinski definition) is 6. The monoisotopic (exact) mass is 314 g/mol. The van der Waals surface area contributed by atoms with Gasteiger partial charge < -0.3 is 20.1 Å². The summed E-state index contributed by atoms with van der Waals surface area (Å²) in [7, 11) is 0. The Labute approximate surface area is 128 Å². The molecule has 2 amide bonds. The number of hydrogen-bond donors (Lipinski definition) is 2. The van der Waals surface area contributed by atoms with Crippen molar-refractivity contribution in [2.75, 3.05) is 13.2 Å². The van der Waals surface area contributed by atoms with E-state index in [4.69, 9.17) is 9.47 Å². The maximum Gasteiger partial charge on any atom is 0.328 e. The molecular formula is C14H22N2O6. The van der Waals surface area contributed by atoms with Gasteiger partial charge in [0.15, 0.2) is 0 Å². The second-order valence-electron chi connectivity index (χ2n) is 4.82. The van der Waals surface area contributed by atoms with Gasteiger partial charge in [0, 0.05) is 12.8 Å². The quantitative estimate of drug-likeness (QED) is 0.593. The van der Waals surface area contributed by atoms with Crippen molar-refractivity contribution in [1.82, 2.24) is 10.6 Å². The fraction of sp³-hybridized carbons (Fsp3) is 0.714. The molecule has 1 saturated heterocycles. The van der Waals surface area contributed by atoms with Crippen LogP contribution in [-0.4, -0.2) is 49.1 Å². The number of esters is 2. The van der Waals surface area contributed by atoms with E-state index in [1.165, 1.54) is 0 Å². The van der Waals surface area contributed by atoms with Gasteiger partial charge in [-0.2, -0.15) is 0 Å². The van der Waals surface area contributed by atoms with Crippen LogP contribution in [0.2, 0.25) is 0 Å². The summed E-state index contributed by atoms with van der Waals surface area (Å²) in [5.41, 5.74) is 0. The summed E-state index contributed by atoms with van der Waals surface area (Å²) in [4.78, 5) is 46.4. The number of ether oxygens (including phenoxy) is 2. The van der Waals surface area contributed by atoms with Crippen molar-refractivity contribution in [2.24, 2.45) is 0 Å². The van der Waals surface area contributed by atoms with Crippen LogP contribution in [0.4, 0.5) is 0 Å². The molecule has 1 heterocycles. The molecule has 0 spiro atoms. The van der Waals surface area contributed by atoms with Crippen LogP contribution in [-0.2, 0) is 28.7 Å². The second-order valence-corrected chi connectivity index (χ2v) is 4.82. The maximum absolute atomic E-state index is 12.0. The molecule has 2 atom stereocenters. The molecule has 1 rings (SSSR count). The summed E-state index contributed by atoms with van der Waals surface area (Å²) in [6.45, 7) is 3.76. The molecule has 0 radical (unpaired) electrons. The summed E-state index contributed by atoms with van der Waals surface area (Å²) in [5.74, 6) is -1.70. The first-order chi connectivity index (χ1) is 10.5. The largest absolute Gasteiger partial charge is 0.466 e. The van der Waals surface area contributed by atoms with Crippen LogP contribution in [0.3, 0.4) is 0 Å². The van der Waals surface area contributed by atoms with E-state index in [9.17, 15) is 19.2 Å². The van der Waals surface area contributed by atoms with Gasteiger partial charge in [0.25, 0.3) is 0 Å². The summed E-state index contributed by atoms with van der Waals surface area (Å²) in [6.07, 6.45) is 0.752. The first-order valence-electron chi connectivity index (χ1n) is 7.39. The summed E-state index contributed by atoms with van der Waals surface area (Å²) >= 11 is 0. The minimum atomic E-state index is -0.936. The Kier molecular flexibility index (Phi) is 7.34. The van der Waals surface area contributed by atoms with Crippen LogP contribution < -0.4 is 10.6 Å². The van der Waals surface area contributed by atoms with Gasteiger partial charge in [0.05, 0.1) is 13.2 Å². The van der Waals surface area contributed by atoms with E-state index in [2.05, 4.69) is 10.6 Å². The van der Waals surface area contributed by atoms with Gasteiger partial charge in [0.2, 0.25) is 11.8 Å². The smallest absolute Gasteiger partial charge is 0.328 e. The Morgan fingerprint density at radius 3 is 2.50 bits per heavy atom. The van der Waals surface area contributed by atoms with E-state index in [-0.39, 0.29) is 38.4 Å². The molecule has 1 aliphatic rings. The molecular weight excluding hydrogens is 292 g/mol. The lowest BCUT2D eigenvalue weighted by Crippen LogP contribution is -2.49. The highest BCUT2D eigenvalue weighted by Gasteiger charge is 2.31. The van der Waals surface area contributed by atoms with Crippen LogP contribution in [0.25, 0.3) is 0 Å². The molecule has 0 bridgehead atoms. The van der Waals surface area contributed by atoms with Crippen molar-refractivity contribution < 1.29 is 28.7 Å². The van der Waals surface area contributed by atoms with Gasteiger partial charge in [-0.25, -0.2) is 4.79 Å². The van der Waals surface area contributed by atoms with E-state index in [0.717, 1.165) is 0 Å². The van der Waals surface area contributed by atoms with Gasteiger partial charge in [-0.05, 0) is 26.7 Å². The van der Waals surface area contributed by atoms with Crippen molar-refractivity contribution in [3.63, 3.8) is 0 Å². The number of amides is 2. The Morgan fingerprint density at radius 1 is 1.27 bits per heavy atom. The number of carbonyl (C=O) groups is 4. The van der Waals surface area contributed by atoms with Gasteiger partial charge in [-0.1, -0.05) is 0 Å². The van der Waals surface area contributed by atoms with Gasteiger partial charge in [-0.15, -0.1) is 0 Å². The van der Waals surface area contributed by atoms with E-state index in [1.807, 2.05) is 0 Å². The van der Waals surface area contributed by atoms with Crippen molar-refractivity contribution in [2.45, 2.75) is 51.6 Å². The van der Waals surface area contributed by atoms with E-state index >= 15 is 0 Å². The Hall–Kier alpha value is -2.12. The molecule has 0 saturated carbocycles. The predicted octanol–water partition coefficient (Wildman–Crippen LogP) is -0.344. The molecule has 124 valence electrons. The average molecular weight is 314 g/mol. The van der Waals surface area contributed by atoms with Crippen molar-refractivity contribution >= 4 is 23.8 Å². The number of rotatable bonds is 8. The topological polar surface area (TPSA) is 111 Å². The zero-order valence-electron chi connectivity index (χ0n) is 12.8. The lowest BCUT2D eigenvalue weighted by Gasteiger charge is -2.19. The molecule has 1 fully saturated rings. The van der Waals surface area contributed by atoms with Crippen LogP contribution in [0.5, 0.6) is 0 Å². The predicted molar refractivity (Wildman–Crippen MR) is 75.6 cm³/mol. The minimum absolute atomic E-state index is 0.00533. The summed E-state index contributed by atoms with van der Waals surface area (Å²) < 4.78 is 9.68. The van der Waals surface area contributed by atoms with E-state index in [0.29, 0.717) is 6.42 Å². The number of carbonyl (C=O) groups excluding carboxylic acids is 4. The van der Waals surface area contributed by atoms with Gasteiger partial charge in [0.1, 0.15) is 12.1 Å². The Bertz CT molecular complexity index is 437. The van der Waals surface area contributed by atoms with Gasteiger partial charge >= 0.3 is 11.9 Å². The first-order valence-corrected chi connectivity index (χ1v) is 7.39. The zero-order valence-corrected chi connectivity index (χ0v) is 12.8. The van der Waals surface area contributed by atoms with E-state index in [1.54, 1.807) is 13.8 Å². The highest BCUT2D eigenvalue weighted by molar-refractivity contribution is 5.93. The summed E-state index contributed by atoms with van der Waals surface area (Å²) in [5, 5.41) is 5.05.